The zero-order chi connectivity index (χ0) is 25.8. The van der Waals surface area contributed by atoms with Gasteiger partial charge in [0.15, 0.2) is 0 Å². The van der Waals surface area contributed by atoms with Gasteiger partial charge >= 0.3 is 0 Å². The number of amides is 2. The smallest absolute Gasteiger partial charge is 0.253 e. The molecule has 2 N–H and O–H groups in total. The van der Waals surface area contributed by atoms with E-state index in [1.165, 1.54) is 0 Å². The van der Waals surface area contributed by atoms with E-state index in [9.17, 15) is 9.59 Å². The number of benzene rings is 3. The summed E-state index contributed by atoms with van der Waals surface area (Å²) in [5.74, 6) is 0.542. The van der Waals surface area contributed by atoms with E-state index in [0.717, 1.165) is 46.2 Å². The highest BCUT2D eigenvalue weighted by Crippen LogP contribution is 2.31. The Labute approximate surface area is 217 Å². The van der Waals surface area contributed by atoms with E-state index in [-0.39, 0.29) is 23.7 Å². The van der Waals surface area contributed by atoms with Gasteiger partial charge in [-0.3, -0.25) is 9.59 Å². The Morgan fingerprint density at radius 2 is 1.81 bits per heavy atom. The standard InChI is InChI=1S/C31H33N3O3/c1-21-9-11-23(12-10-21)31(36)34-17-5-6-24(20-34)30(35)33-18-27(22-13-15-25(37-2)16-14-22)28-19-32-29-8-4-3-7-26(28)29/h3-4,7-16,19,24,27,32H,5-6,17-18,20H2,1-2H3,(H,33,35). The molecule has 2 heterocycles. The summed E-state index contributed by atoms with van der Waals surface area (Å²) < 4.78 is 5.35. The van der Waals surface area contributed by atoms with Gasteiger partial charge in [-0.05, 0) is 61.2 Å². The molecule has 6 nitrogen and oxygen atoms in total. The number of hydrogen-bond acceptors (Lipinski definition) is 3. The maximum atomic E-state index is 13.3. The third kappa shape index (κ3) is 5.38. The molecule has 1 aromatic heterocycles. The number of aromatic amines is 1. The van der Waals surface area contributed by atoms with Gasteiger partial charge in [-0.2, -0.15) is 0 Å². The number of ether oxygens (including phenoxy) is 1. The van der Waals surface area contributed by atoms with Crippen LogP contribution in [0, 0.1) is 12.8 Å². The number of rotatable bonds is 7. The van der Waals surface area contributed by atoms with Crippen molar-refractivity contribution in [3.63, 3.8) is 0 Å². The second-order valence-electron chi connectivity index (χ2n) is 9.82. The summed E-state index contributed by atoms with van der Waals surface area (Å²) in [5, 5.41) is 4.36. The first-order valence-electron chi connectivity index (χ1n) is 12.9. The predicted octanol–water partition coefficient (Wildman–Crippen LogP) is 5.29. The Morgan fingerprint density at radius 1 is 1.05 bits per heavy atom. The van der Waals surface area contributed by atoms with Crippen LogP contribution in [-0.2, 0) is 4.79 Å². The van der Waals surface area contributed by atoms with Crippen LogP contribution in [-0.4, -0.2) is 48.4 Å². The van der Waals surface area contributed by atoms with Crippen molar-refractivity contribution in [1.82, 2.24) is 15.2 Å². The van der Waals surface area contributed by atoms with Crippen LogP contribution in [0.25, 0.3) is 10.9 Å². The molecular formula is C31H33N3O3. The van der Waals surface area contributed by atoms with Crippen molar-refractivity contribution in [1.29, 1.82) is 0 Å². The summed E-state index contributed by atoms with van der Waals surface area (Å²) >= 11 is 0. The second kappa shape index (κ2) is 10.9. The van der Waals surface area contributed by atoms with E-state index in [1.54, 1.807) is 7.11 Å². The second-order valence-corrected chi connectivity index (χ2v) is 9.82. The molecule has 0 saturated carbocycles. The monoisotopic (exact) mass is 495 g/mol. The molecule has 5 rings (SSSR count). The molecule has 2 unspecified atom stereocenters. The minimum Gasteiger partial charge on any atom is -0.497 e. The van der Waals surface area contributed by atoms with Crippen molar-refractivity contribution >= 4 is 22.7 Å². The van der Waals surface area contributed by atoms with Crippen LogP contribution in [0.5, 0.6) is 5.75 Å². The first-order valence-corrected chi connectivity index (χ1v) is 12.9. The fourth-order valence-electron chi connectivity index (χ4n) is 5.23. The number of nitrogens with one attached hydrogen (secondary N) is 2. The summed E-state index contributed by atoms with van der Waals surface area (Å²) in [4.78, 5) is 31.6. The zero-order valence-corrected chi connectivity index (χ0v) is 21.4. The van der Waals surface area contributed by atoms with Crippen LogP contribution in [0.3, 0.4) is 0 Å². The Kier molecular flexibility index (Phi) is 7.26. The largest absolute Gasteiger partial charge is 0.497 e. The first kappa shape index (κ1) is 24.6. The van der Waals surface area contributed by atoms with Crippen LogP contribution < -0.4 is 10.1 Å². The average Bonchev–Trinajstić information content (AvgIpc) is 3.37. The highest BCUT2D eigenvalue weighted by atomic mass is 16.5. The Balaban J connectivity index is 1.31. The van der Waals surface area contributed by atoms with E-state index in [0.29, 0.717) is 25.2 Å². The van der Waals surface area contributed by atoms with Gasteiger partial charge < -0.3 is 19.9 Å². The number of likely N-dealkylation sites (tertiary alicyclic amines) is 1. The van der Waals surface area contributed by atoms with Crippen LogP contribution in [0.1, 0.15) is 45.8 Å². The number of fused-ring (bicyclic) bond motifs is 1. The fraction of sp³-hybridized carbons (Fsp3) is 0.290. The van der Waals surface area contributed by atoms with E-state index < -0.39 is 0 Å². The highest BCUT2D eigenvalue weighted by Gasteiger charge is 2.29. The number of nitrogens with zero attached hydrogens (tertiary/aromatic N) is 1. The van der Waals surface area contributed by atoms with Crippen molar-refractivity contribution in [2.24, 2.45) is 5.92 Å². The minimum atomic E-state index is -0.220. The molecular weight excluding hydrogens is 462 g/mol. The zero-order valence-electron chi connectivity index (χ0n) is 21.4. The number of para-hydroxylation sites is 1. The summed E-state index contributed by atoms with van der Waals surface area (Å²) in [6.07, 6.45) is 3.64. The molecule has 1 aliphatic rings. The number of aromatic nitrogens is 1. The Bertz CT molecular complexity index is 1380. The molecule has 2 atom stereocenters. The molecule has 1 aliphatic heterocycles. The summed E-state index contributed by atoms with van der Waals surface area (Å²) in [6, 6.07) is 23.9. The van der Waals surface area contributed by atoms with Crippen LogP contribution >= 0.6 is 0 Å². The van der Waals surface area contributed by atoms with E-state index in [2.05, 4.69) is 34.6 Å². The number of carbonyl (C=O) groups is 2. The summed E-state index contributed by atoms with van der Waals surface area (Å²) in [5.41, 5.74) is 5.10. The molecule has 6 heteroatoms. The molecule has 37 heavy (non-hydrogen) atoms. The highest BCUT2D eigenvalue weighted by molar-refractivity contribution is 5.94. The van der Waals surface area contributed by atoms with Gasteiger partial charge in [-0.15, -0.1) is 0 Å². The topological polar surface area (TPSA) is 74.4 Å². The van der Waals surface area contributed by atoms with Crippen molar-refractivity contribution in [3.05, 3.63) is 101 Å². The van der Waals surface area contributed by atoms with Gasteiger partial charge in [-0.25, -0.2) is 0 Å². The first-order chi connectivity index (χ1) is 18.0. The fourth-order valence-corrected chi connectivity index (χ4v) is 5.23. The minimum absolute atomic E-state index is 0.000223. The van der Waals surface area contributed by atoms with Crippen molar-refractivity contribution in [2.45, 2.75) is 25.7 Å². The summed E-state index contributed by atoms with van der Waals surface area (Å²) in [6.45, 7) is 3.60. The predicted molar refractivity (Wildman–Crippen MR) is 146 cm³/mol. The van der Waals surface area contributed by atoms with E-state index in [4.69, 9.17) is 4.74 Å². The van der Waals surface area contributed by atoms with Gasteiger partial charge in [0.25, 0.3) is 5.91 Å². The number of piperidine rings is 1. The number of aryl methyl sites for hydroxylation is 1. The van der Waals surface area contributed by atoms with Crippen molar-refractivity contribution in [3.8, 4) is 5.75 Å². The van der Waals surface area contributed by atoms with Crippen LogP contribution in [0.2, 0.25) is 0 Å². The Morgan fingerprint density at radius 3 is 2.57 bits per heavy atom. The van der Waals surface area contributed by atoms with Gasteiger partial charge in [0.05, 0.1) is 13.0 Å². The van der Waals surface area contributed by atoms with Gasteiger partial charge in [0, 0.05) is 48.2 Å². The molecule has 0 aliphatic carbocycles. The number of carbonyl (C=O) groups excluding carboxylic acids is 2. The molecule has 1 fully saturated rings. The van der Waals surface area contributed by atoms with E-state index in [1.807, 2.05) is 66.6 Å². The lowest BCUT2D eigenvalue weighted by atomic mass is 9.90. The number of methoxy groups -OCH3 is 1. The van der Waals surface area contributed by atoms with Gasteiger partial charge in [-0.1, -0.05) is 48.0 Å². The maximum absolute atomic E-state index is 13.3. The van der Waals surface area contributed by atoms with Crippen LogP contribution in [0.4, 0.5) is 0 Å². The maximum Gasteiger partial charge on any atom is 0.253 e. The van der Waals surface area contributed by atoms with Crippen molar-refractivity contribution in [2.75, 3.05) is 26.7 Å². The molecule has 0 bridgehead atoms. The molecule has 0 radical (unpaired) electrons. The lowest BCUT2D eigenvalue weighted by molar-refractivity contribution is -0.126. The van der Waals surface area contributed by atoms with Gasteiger partial charge in [0.2, 0.25) is 5.91 Å². The lowest BCUT2D eigenvalue weighted by Crippen LogP contribution is -2.46. The third-order valence-corrected chi connectivity index (χ3v) is 7.37. The molecule has 3 aromatic carbocycles. The van der Waals surface area contributed by atoms with Crippen LogP contribution in [0.15, 0.2) is 79.0 Å². The van der Waals surface area contributed by atoms with Crippen molar-refractivity contribution < 1.29 is 14.3 Å². The quantitative estimate of drug-likeness (QED) is 0.366. The molecule has 1 saturated heterocycles. The SMILES string of the molecule is COc1ccc(C(CNC(=O)C2CCCN(C(=O)c3ccc(C)cc3)C2)c2c[nH]c3ccccc23)cc1. The van der Waals surface area contributed by atoms with Gasteiger partial charge in [0.1, 0.15) is 5.75 Å². The molecule has 0 spiro atoms. The molecule has 190 valence electrons. The normalized spacial score (nSPS) is 16.4. The number of H-pyrrole nitrogens is 1. The molecule has 2 amide bonds. The third-order valence-electron chi connectivity index (χ3n) is 7.37. The number of hydrogen-bond donors (Lipinski definition) is 2. The lowest BCUT2D eigenvalue weighted by Gasteiger charge is -2.32. The van der Waals surface area contributed by atoms with E-state index >= 15 is 0 Å². The average molecular weight is 496 g/mol. The molecule has 4 aromatic rings. The Hall–Kier alpha value is -4.06. The summed E-state index contributed by atoms with van der Waals surface area (Å²) in [7, 11) is 1.66.